The molecule has 0 N–H and O–H groups in total. The number of hydrogen-bond donors (Lipinski definition) is 0. The maximum absolute atomic E-state index is 13.5. The number of benzene rings is 3. The summed E-state index contributed by atoms with van der Waals surface area (Å²) < 4.78 is 38.5. The van der Waals surface area contributed by atoms with Crippen LogP contribution in [-0.2, 0) is 14.8 Å². The van der Waals surface area contributed by atoms with Crippen LogP contribution in [0.3, 0.4) is 0 Å². The van der Waals surface area contributed by atoms with E-state index in [0.29, 0.717) is 33.1 Å². The highest BCUT2D eigenvalue weighted by molar-refractivity contribution is 7.90. The molecule has 6 nitrogen and oxygen atoms in total. The minimum Gasteiger partial charge on any atom is -0.497 e. The minimum absolute atomic E-state index is 0.182. The van der Waals surface area contributed by atoms with Crippen molar-refractivity contribution in [2.24, 2.45) is 0 Å². The number of carbonyl (C=O) groups excluding carboxylic acids is 1. The average molecular weight is 409 g/mol. The molecule has 0 saturated carbocycles. The van der Waals surface area contributed by atoms with E-state index < -0.39 is 16.0 Å². The van der Waals surface area contributed by atoms with Crippen molar-refractivity contribution >= 4 is 37.8 Å². The highest BCUT2D eigenvalue weighted by Crippen LogP contribution is 2.35. The third-order valence-corrected chi connectivity index (χ3v) is 6.65. The number of carbonyl (C=O) groups is 1. The Bertz CT molecular complexity index is 1350. The molecule has 0 spiro atoms. The smallest absolute Gasteiger partial charge is 0.337 e. The van der Waals surface area contributed by atoms with Crippen LogP contribution in [0.5, 0.6) is 5.75 Å². The van der Waals surface area contributed by atoms with Gasteiger partial charge >= 0.3 is 5.97 Å². The third-order valence-electron chi connectivity index (χ3n) is 4.91. The molecule has 1 heterocycles. The molecule has 0 unspecified atom stereocenters. The Morgan fingerprint density at radius 3 is 2.24 bits per heavy atom. The van der Waals surface area contributed by atoms with Gasteiger partial charge < -0.3 is 9.47 Å². The SMILES string of the molecule is COC(=O)c1ccc2c(c1)c1ccc(OC)cc1n2S(=O)(=O)c1ccc(C)cc1. The summed E-state index contributed by atoms with van der Waals surface area (Å²) in [6, 6.07) is 16.8. The summed E-state index contributed by atoms with van der Waals surface area (Å²) in [6.07, 6.45) is 0. The third kappa shape index (κ3) is 3.03. The molecule has 4 rings (SSSR count). The van der Waals surface area contributed by atoms with Crippen LogP contribution in [0.4, 0.5) is 0 Å². The standard InChI is InChI=1S/C22H19NO5S/c1-14-4-8-17(9-5-14)29(25,26)23-20-11-6-15(22(24)28-3)12-19(20)18-10-7-16(27-2)13-21(18)23/h4-13H,1-3H3. The van der Waals surface area contributed by atoms with E-state index in [1.54, 1.807) is 60.7 Å². The van der Waals surface area contributed by atoms with Crippen molar-refractivity contribution in [2.45, 2.75) is 11.8 Å². The highest BCUT2D eigenvalue weighted by atomic mass is 32.2. The fourth-order valence-corrected chi connectivity index (χ4v) is 4.93. The van der Waals surface area contributed by atoms with E-state index in [4.69, 9.17) is 9.47 Å². The molecule has 0 amide bonds. The van der Waals surface area contributed by atoms with Gasteiger partial charge in [-0.1, -0.05) is 17.7 Å². The van der Waals surface area contributed by atoms with Crippen molar-refractivity contribution in [3.05, 3.63) is 71.8 Å². The molecule has 29 heavy (non-hydrogen) atoms. The molecule has 7 heteroatoms. The van der Waals surface area contributed by atoms with Crippen molar-refractivity contribution in [3.8, 4) is 5.75 Å². The molecule has 148 valence electrons. The monoisotopic (exact) mass is 409 g/mol. The first kappa shape index (κ1) is 19.0. The first-order valence-electron chi connectivity index (χ1n) is 8.89. The number of aromatic nitrogens is 1. The zero-order chi connectivity index (χ0) is 20.8. The first-order chi connectivity index (χ1) is 13.9. The first-order valence-corrected chi connectivity index (χ1v) is 10.3. The summed E-state index contributed by atoms with van der Waals surface area (Å²) >= 11 is 0. The van der Waals surface area contributed by atoms with Gasteiger partial charge in [0.1, 0.15) is 5.75 Å². The van der Waals surface area contributed by atoms with E-state index in [9.17, 15) is 13.2 Å². The lowest BCUT2D eigenvalue weighted by Crippen LogP contribution is -2.13. The van der Waals surface area contributed by atoms with Crippen molar-refractivity contribution in [2.75, 3.05) is 14.2 Å². The molecule has 0 saturated heterocycles. The Balaban J connectivity index is 2.10. The molecule has 1 aromatic heterocycles. The number of aryl methyl sites for hydroxylation is 1. The Labute approximate surface area is 168 Å². The largest absolute Gasteiger partial charge is 0.497 e. The van der Waals surface area contributed by atoms with E-state index in [1.165, 1.54) is 18.2 Å². The van der Waals surface area contributed by atoms with E-state index in [2.05, 4.69) is 0 Å². The van der Waals surface area contributed by atoms with Gasteiger partial charge in [-0.05, 0) is 49.4 Å². The lowest BCUT2D eigenvalue weighted by Gasteiger charge is -2.10. The van der Waals surface area contributed by atoms with Crippen LogP contribution in [-0.4, -0.2) is 32.6 Å². The fourth-order valence-electron chi connectivity index (χ4n) is 3.41. The topological polar surface area (TPSA) is 74.6 Å². The lowest BCUT2D eigenvalue weighted by molar-refractivity contribution is 0.0601. The predicted octanol–water partition coefficient (Wildman–Crippen LogP) is 4.14. The van der Waals surface area contributed by atoms with Crippen LogP contribution < -0.4 is 4.74 Å². The summed E-state index contributed by atoms with van der Waals surface area (Å²) in [5, 5.41) is 1.34. The number of hydrogen-bond acceptors (Lipinski definition) is 5. The summed E-state index contributed by atoms with van der Waals surface area (Å²) in [7, 11) is -1.05. The van der Waals surface area contributed by atoms with Crippen molar-refractivity contribution < 1.29 is 22.7 Å². The number of rotatable bonds is 4. The van der Waals surface area contributed by atoms with Gasteiger partial charge in [-0.3, -0.25) is 0 Å². The Kier molecular flexibility index (Phi) is 4.55. The van der Waals surface area contributed by atoms with Crippen molar-refractivity contribution in [1.82, 2.24) is 3.97 Å². The van der Waals surface area contributed by atoms with E-state index in [-0.39, 0.29) is 4.90 Å². The quantitative estimate of drug-likeness (QED) is 0.474. The molecular formula is C22H19NO5S. The van der Waals surface area contributed by atoms with E-state index in [0.717, 1.165) is 5.56 Å². The van der Waals surface area contributed by atoms with Gasteiger partial charge in [0, 0.05) is 16.8 Å². The highest BCUT2D eigenvalue weighted by Gasteiger charge is 2.24. The maximum atomic E-state index is 13.5. The number of esters is 1. The molecule has 0 aliphatic rings. The van der Waals surface area contributed by atoms with Crippen molar-refractivity contribution in [3.63, 3.8) is 0 Å². The van der Waals surface area contributed by atoms with Gasteiger partial charge in [-0.15, -0.1) is 0 Å². The summed E-state index contributed by atoms with van der Waals surface area (Å²) in [6.45, 7) is 1.90. The second kappa shape index (κ2) is 6.93. The number of ether oxygens (including phenoxy) is 2. The Morgan fingerprint density at radius 2 is 1.59 bits per heavy atom. The Morgan fingerprint density at radius 1 is 0.862 bits per heavy atom. The molecule has 0 bridgehead atoms. The molecule has 4 aromatic rings. The summed E-state index contributed by atoms with van der Waals surface area (Å²) in [4.78, 5) is 12.2. The average Bonchev–Trinajstić information content (AvgIpc) is 3.06. The Hall–Kier alpha value is -3.32. The molecule has 0 radical (unpaired) electrons. The van der Waals surface area contributed by atoms with Gasteiger partial charge in [0.25, 0.3) is 10.0 Å². The summed E-state index contributed by atoms with van der Waals surface area (Å²) in [5.41, 5.74) is 2.27. The van der Waals surface area contributed by atoms with Gasteiger partial charge in [0.15, 0.2) is 0 Å². The molecule has 0 fully saturated rings. The predicted molar refractivity (Wildman–Crippen MR) is 111 cm³/mol. The van der Waals surface area contributed by atoms with Crippen molar-refractivity contribution in [1.29, 1.82) is 0 Å². The molecule has 0 aliphatic carbocycles. The van der Waals surface area contributed by atoms with Gasteiger partial charge in [-0.2, -0.15) is 0 Å². The zero-order valence-electron chi connectivity index (χ0n) is 16.2. The molecule has 0 atom stereocenters. The van der Waals surface area contributed by atoms with Crippen LogP contribution in [0.1, 0.15) is 15.9 Å². The van der Waals surface area contributed by atoms with Gasteiger partial charge in [0.05, 0.1) is 35.7 Å². The second-order valence-electron chi connectivity index (χ2n) is 6.69. The minimum atomic E-state index is -3.88. The van der Waals surface area contributed by atoms with Crippen LogP contribution in [0.2, 0.25) is 0 Å². The molecular weight excluding hydrogens is 390 g/mol. The van der Waals surface area contributed by atoms with Crippen LogP contribution in [0.25, 0.3) is 21.8 Å². The summed E-state index contributed by atoms with van der Waals surface area (Å²) in [5.74, 6) is 0.0524. The lowest BCUT2D eigenvalue weighted by atomic mass is 10.1. The van der Waals surface area contributed by atoms with Gasteiger partial charge in [0.2, 0.25) is 0 Å². The van der Waals surface area contributed by atoms with Crippen LogP contribution in [0, 0.1) is 6.92 Å². The maximum Gasteiger partial charge on any atom is 0.337 e. The fraction of sp³-hybridized carbons (Fsp3) is 0.136. The zero-order valence-corrected chi connectivity index (χ0v) is 17.0. The normalized spacial score (nSPS) is 11.7. The number of nitrogens with zero attached hydrogens (tertiary/aromatic N) is 1. The van der Waals surface area contributed by atoms with Crippen LogP contribution >= 0.6 is 0 Å². The van der Waals surface area contributed by atoms with E-state index >= 15 is 0 Å². The second-order valence-corrected chi connectivity index (χ2v) is 8.48. The molecule has 0 aliphatic heterocycles. The van der Waals surface area contributed by atoms with Crippen LogP contribution in [0.15, 0.2) is 65.6 Å². The van der Waals surface area contributed by atoms with Gasteiger partial charge in [-0.25, -0.2) is 17.2 Å². The van der Waals surface area contributed by atoms with E-state index in [1.807, 2.05) is 6.92 Å². The number of methoxy groups -OCH3 is 2. The molecule has 3 aromatic carbocycles. The number of fused-ring (bicyclic) bond motifs is 3.